The van der Waals surface area contributed by atoms with Crippen LogP contribution in [0, 0.1) is 11.8 Å². The maximum absolute atomic E-state index is 15.7. The first-order valence-corrected chi connectivity index (χ1v) is 35.4. The first-order valence-electron chi connectivity index (χ1n) is 35.4. The molecule has 1 saturated heterocycles. The Morgan fingerprint density at radius 3 is 1.12 bits per heavy atom. The lowest BCUT2D eigenvalue weighted by atomic mass is 9.69. The highest BCUT2D eigenvalue weighted by molar-refractivity contribution is 6.09. The summed E-state index contributed by atoms with van der Waals surface area (Å²) < 4.78 is 21.2. The molecule has 3 aliphatic rings. The molecule has 0 saturated carbocycles. The fourth-order valence-corrected chi connectivity index (χ4v) is 15.9. The van der Waals surface area contributed by atoms with E-state index in [0.717, 1.165) is 36.4 Å². The second-order valence-corrected chi connectivity index (χ2v) is 28.0. The van der Waals surface area contributed by atoms with Crippen molar-refractivity contribution in [3.8, 4) is 103 Å². The topological polar surface area (TPSA) is 403 Å². The number of allylic oxidation sites excluding steroid dienone is 2. The third kappa shape index (κ3) is 14.1. The van der Waals surface area contributed by atoms with E-state index in [9.17, 15) is 91.3 Å². The average Bonchev–Trinajstić information content (AvgIpc) is 1.60. The third-order valence-electron chi connectivity index (χ3n) is 21.1. The highest BCUT2D eigenvalue weighted by atomic mass is 16.5. The van der Waals surface area contributed by atoms with Gasteiger partial charge < -0.3 is 95.9 Å². The number of hydrogen-bond donors (Lipinski definition) is 16. The Morgan fingerprint density at radius 1 is 0.312 bits per heavy atom. The molecule has 22 nitrogen and oxygen atoms in total. The van der Waals surface area contributed by atoms with E-state index in [2.05, 4.69) is 0 Å². The van der Waals surface area contributed by atoms with Crippen LogP contribution in [0.1, 0.15) is 151 Å². The molecular weight excluding hydrogens is 1430 g/mol. The number of hydrogen-bond acceptors (Lipinski definition) is 22. The Labute approximate surface area is 638 Å². The molecule has 3 aliphatic heterocycles. The number of carbonyl (C=O) groups is 3. The Hall–Kier alpha value is -14.5. The lowest BCUT2D eigenvalue weighted by Gasteiger charge is -2.34. The van der Waals surface area contributed by atoms with Gasteiger partial charge in [-0.25, -0.2) is 0 Å². The van der Waals surface area contributed by atoms with Crippen LogP contribution >= 0.6 is 0 Å². The van der Waals surface area contributed by atoms with Gasteiger partial charge in [0.2, 0.25) is 0 Å². The summed E-state index contributed by atoms with van der Waals surface area (Å²) in [5, 5.41) is 182. The van der Waals surface area contributed by atoms with Crippen LogP contribution < -0.4 is 9.47 Å². The largest absolute Gasteiger partial charge is 0.508 e. The van der Waals surface area contributed by atoms with Gasteiger partial charge in [0.05, 0.1) is 34.8 Å². The molecule has 15 rings (SSSR count). The molecule has 3 heterocycles. The average molecular weight is 1500 g/mol. The van der Waals surface area contributed by atoms with Crippen LogP contribution in [0.3, 0.4) is 0 Å². The van der Waals surface area contributed by atoms with Crippen LogP contribution in [0.25, 0.3) is 12.2 Å². The van der Waals surface area contributed by atoms with E-state index in [1.165, 1.54) is 133 Å². The van der Waals surface area contributed by atoms with Crippen molar-refractivity contribution in [2.45, 2.75) is 54.5 Å². The van der Waals surface area contributed by atoms with Crippen LogP contribution in [0.5, 0.6) is 103 Å². The van der Waals surface area contributed by atoms with Crippen molar-refractivity contribution in [2.75, 3.05) is 0 Å². The summed E-state index contributed by atoms with van der Waals surface area (Å²) >= 11 is 0. The van der Waals surface area contributed by atoms with Crippen LogP contribution in [-0.2, 0) is 11.2 Å². The summed E-state index contributed by atoms with van der Waals surface area (Å²) in [7, 11) is 0. The fraction of sp³-hybridized carbons (Fsp3) is 0.122. The quantitative estimate of drug-likeness (QED) is 0.0249. The molecule has 0 bridgehead atoms. The van der Waals surface area contributed by atoms with E-state index >= 15 is 4.79 Å². The minimum Gasteiger partial charge on any atom is -0.508 e. The van der Waals surface area contributed by atoms with E-state index in [1.54, 1.807) is 84.9 Å². The normalized spacial score (nSPS) is 18.9. The summed E-state index contributed by atoms with van der Waals surface area (Å²) in [5.41, 5.74) is 2.64. The van der Waals surface area contributed by atoms with Crippen LogP contribution in [-0.4, -0.2) is 99.1 Å². The highest BCUT2D eigenvalue weighted by Gasteiger charge is 2.52. The molecule has 0 aliphatic carbocycles. The Bertz CT molecular complexity index is 5760. The van der Waals surface area contributed by atoms with E-state index in [1.807, 2.05) is 0 Å². The molecule has 0 amide bonds. The van der Waals surface area contributed by atoms with Gasteiger partial charge in [0.15, 0.2) is 17.3 Å². The first-order chi connectivity index (χ1) is 53.8. The molecule has 12 aromatic rings. The van der Waals surface area contributed by atoms with Crippen molar-refractivity contribution < 1.29 is 110 Å². The molecule has 0 spiro atoms. The Kier molecular flexibility index (Phi) is 19.3. The predicted molar refractivity (Wildman–Crippen MR) is 408 cm³/mol. The van der Waals surface area contributed by atoms with Gasteiger partial charge in [-0.2, -0.15) is 0 Å². The number of benzene rings is 12. The Balaban J connectivity index is 0.979. The van der Waals surface area contributed by atoms with Crippen molar-refractivity contribution in [1.82, 2.24) is 0 Å². The number of Topliss-reactive ketones (excluding diaryl/α,β-unsaturated/α-hetero) is 1. The fourth-order valence-electron chi connectivity index (χ4n) is 15.9. The van der Waals surface area contributed by atoms with E-state index in [-0.39, 0.29) is 108 Å². The highest BCUT2D eigenvalue weighted by Crippen LogP contribution is 2.63. The number of carbonyl (C=O) groups excluding carboxylic acids is 3. The van der Waals surface area contributed by atoms with Gasteiger partial charge in [-0.05, 0) is 179 Å². The second kappa shape index (κ2) is 29.6. The minimum absolute atomic E-state index is 0.0429. The van der Waals surface area contributed by atoms with Gasteiger partial charge in [-0.3, -0.25) is 14.4 Å². The first kappa shape index (κ1) is 73.0. The van der Waals surface area contributed by atoms with Gasteiger partial charge in [0, 0.05) is 105 Å². The van der Waals surface area contributed by atoms with Crippen LogP contribution in [0.4, 0.5) is 0 Å². The van der Waals surface area contributed by atoms with Crippen molar-refractivity contribution in [2.24, 2.45) is 11.8 Å². The van der Waals surface area contributed by atoms with Gasteiger partial charge in [0.25, 0.3) is 0 Å². The number of rotatable bonds is 20. The molecule has 16 N–H and O–H groups in total. The zero-order chi connectivity index (χ0) is 78.7. The zero-order valence-corrected chi connectivity index (χ0v) is 58.8. The monoisotopic (exact) mass is 1500 g/mol. The lowest BCUT2D eigenvalue weighted by molar-refractivity contribution is 0.0253. The molecular formula is C90H70O22. The summed E-state index contributed by atoms with van der Waals surface area (Å²) in [6.07, 6.45) is 0.370. The van der Waals surface area contributed by atoms with E-state index in [0.29, 0.717) is 44.5 Å². The number of fused-ring (bicyclic) bond motifs is 2. The third-order valence-corrected chi connectivity index (χ3v) is 21.1. The number of ether oxygens (including phenoxy) is 3. The lowest BCUT2D eigenvalue weighted by Crippen LogP contribution is -2.27. The maximum Gasteiger partial charge on any atom is 0.189 e. The number of aromatic hydroxyl groups is 16. The second-order valence-electron chi connectivity index (χ2n) is 28.0. The van der Waals surface area contributed by atoms with Gasteiger partial charge in [0.1, 0.15) is 116 Å². The molecule has 10 atom stereocenters. The molecule has 12 aromatic carbocycles. The van der Waals surface area contributed by atoms with Gasteiger partial charge >= 0.3 is 0 Å². The van der Waals surface area contributed by atoms with E-state index < -0.39 is 123 Å². The number of ketones is 3. The number of phenolic OH excluding ortho intramolecular Hbond substituents is 16. The predicted octanol–water partition coefficient (Wildman–Crippen LogP) is 16.0. The molecule has 562 valence electrons. The summed E-state index contributed by atoms with van der Waals surface area (Å²) in [5.74, 6) is -15.2. The van der Waals surface area contributed by atoms with Gasteiger partial charge in [-0.1, -0.05) is 78.9 Å². The van der Waals surface area contributed by atoms with Crippen molar-refractivity contribution in [3.05, 3.63) is 332 Å². The van der Waals surface area contributed by atoms with Crippen LogP contribution in [0.2, 0.25) is 0 Å². The van der Waals surface area contributed by atoms with Crippen LogP contribution in [0.15, 0.2) is 243 Å². The maximum atomic E-state index is 15.7. The molecule has 112 heavy (non-hydrogen) atoms. The van der Waals surface area contributed by atoms with Crippen molar-refractivity contribution >= 4 is 29.5 Å². The smallest absolute Gasteiger partial charge is 0.189 e. The minimum atomic E-state index is -1.53. The van der Waals surface area contributed by atoms with E-state index in [4.69, 9.17) is 14.2 Å². The summed E-state index contributed by atoms with van der Waals surface area (Å²) in [4.78, 5) is 43.3. The summed E-state index contributed by atoms with van der Waals surface area (Å²) in [6.45, 7) is 0. The summed E-state index contributed by atoms with van der Waals surface area (Å²) in [6, 6.07) is 53.5. The van der Waals surface area contributed by atoms with Gasteiger partial charge in [-0.15, -0.1) is 0 Å². The zero-order valence-electron chi connectivity index (χ0n) is 58.8. The molecule has 1 fully saturated rings. The molecule has 0 aromatic heterocycles. The SMILES string of the molecule is O=C(/C=C\c1ccc2c(c1)C(C(c1ccc(O)cc1O)c1cc(C(c3cc(C4OC(c5ccc(O)cc5)C(C(=O)c5ccc(O)cc5O)C4Cc4ccc(O)cc4)c(O)cc3O)C3c4cc(/C=C/C(=O)c5ccc(O)cc5O)ccc4OC3c3ccc(O)cc3)c(O)cc1O)C(c1ccc(O)cc1)O2)c1ccc(O)cc1O. The standard InChI is InChI=1S/C90H70O22/c91-50-13-1-44(2-14-50)35-68-85(86(109)61-28-24-57(98)39-74(61)104)89(49-11-19-53(94)20-12-49)112-90(68)65-41-64(77(107)43-78(65)108)82(84-67-34-46(4-30-70(100)59-26-22-55(96)37-72(59)102)6-32-80(67)111-88(84)48-9-17-52(93)18-10-48)63-40-62(75(105)42-76(63)106)81(60-27-23-56(97)38-73(60)103)83-66-33-45(3-29-69(99)58-25-21-54(95)36-71(58)101)5-31-79(66)110-87(83)47-7-15-51(92)16-8-47/h1-34,36-43,68,81-85,87-98,101-108H,35H2/b29-3-,30-4+. The number of phenols is 16. The Morgan fingerprint density at radius 2 is 0.679 bits per heavy atom. The van der Waals surface area contributed by atoms with Crippen molar-refractivity contribution in [1.29, 1.82) is 0 Å². The molecule has 10 unspecified atom stereocenters. The molecule has 22 heteroatoms. The van der Waals surface area contributed by atoms with Crippen molar-refractivity contribution in [3.63, 3.8) is 0 Å². The molecule has 0 radical (unpaired) electrons.